The minimum atomic E-state index is -3.11. The van der Waals surface area contributed by atoms with Gasteiger partial charge in [-0.3, -0.25) is 14.3 Å². The average Bonchev–Trinajstić information content (AvgIpc) is 3.32. The maximum Gasteiger partial charge on any atom is 0.387 e. The van der Waals surface area contributed by atoms with Gasteiger partial charge in [0.1, 0.15) is 23.6 Å². The van der Waals surface area contributed by atoms with Crippen LogP contribution in [0.5, 0.6) is 5.75 Å². The third-order valence-corrected chi connectivity index (χ3v) is 4.54. The van der Waals surface area contributed by atoms with Crippen molar-refractivity contribution in [3.05, 3.63) is 54.6 Å². The highest BCUT2D eigenvalue weighted by molar-refractivity contribution is 7.80. The summed E-state index contributed by atoms with van der Waals surface area (Å²) >= 11 is 4.22. The molecule has 0 atom stereocenters. The summed E-state index contributed by atoms with van der Waals surface area (Å²) < 4.78 is 32.8. The van der Waals surface area contributed by atoms with E-state index in [2.05, 4.69) is 37.9 Å². The third-order valence-electron chi connectivity index (χ3n) is 4.27. The van der Waals surface area contributed by atoms with Crippen LogP contribution in [0.4, 0.5) is 14.5 Å². The van der Waals surface area contributed by atoms with Gasteiger partial charge in [0, 0.05) is 29.0 Å². The lowest BCUT2D eigenvalue weighted by Crippen LogP contribution is -2.12. The highest BCUT2D eigenvalue weighted by Gasteiger charge is 2.22. The van der Waals surface area contributed by atoms with Gasteiger partial charge in [-0.2, -0.15) is 19.0 Å². The zero-order chi connectivity index (χ0) is 22.8. The Balaban J connectivity index is 1.77. The number of aromatic nitrogens is 5. The van der Waals surface area contributed by atoms with Gasteiger partial charge in [-0.05, 0) is 24.3 Å². The van der Waals surface area contributed by atoms with Crippen LogP contribution in [0.15, 0.2) is 53.9 Å². The SMILES string of the molecule is O=C(O)Cn1cc(NC(=O)c2cnn3cccnc23)c(-c2cc(S)ccc2OC(F)F)n1. The van der Waals surface area contributed by atoms with Crippen molar-refractivity contribution in [2.75, 3.05) is 5.32 Å². The molecule has 0 aliphatic rings. The fourth-order valence-corrected chi connectivity index (χ4v) is 3.21. The molecule has 1 aromatic carbocycles. The molecule has 0 saturated carbocycles. The van der Waals surface area contributed by atoms with Crippen LogP contribution in [0.3, 0.4) is 0 Å². The number of aliphatic carboxylic acids is 1. The summed E-state index contributed by atoms with van der Waals surface area (Å²) in [6.07, 6.45) is 5.70. The molecule has 0 unspecified atom stereocenters. The van der Waals surface area contributed by atoms with E-state index in [0.29, 0.717) is 10.5 Å². The Bertz CT molecular complexity index is 1320. The Hall–Kier alpha value is -4.00. The Morgan fingerprint density at radius 2 is 2.12 bits per heavy atom. The number of fused-ring (bicyclic) bond motifs is 1. The largest absolute Gasteiger partial charge is 0.480 e. The molecule has 13 heteroatoms. The summed E-state index contributed by atoms with van der Waals surface area (Å²) in [6.45, 7) is -3.63. The highest BCUT2D eigenvalue weighted by atomic mass is 32.1. The standard InChI is InChI=1S/C19H14F2N6O4S/c20-19(21)31-14-3-2-10(32)6-11(14)16-13(8-26(25-16)9-15(28)29)24-18(30)12-7-23-27-5-1-4-22-17(12)27/h1-8,19,32H,9H2,(H,24,30)(H,28,29). The predicted octanol–water partition coefficient (Wildman–Crippen LogP) is 2.82. The van der Waals surface area contributed by atoms with Crippen molar-refractivity contribution in [1.82, 2.24) is 24.4 Å². The average molecular weight is 460 g/mol. The zero-order valence-electron chi connectivity index (χ0n) is 16.0. The molecule has 3 aromatic heterocycles. The number of thiol groups is 1. The first-order valence-corrected chi connectivity index (χ1v) is 9.43. The van der Waals surface area contributed by atoms with Gasteiger partial charge in [-0.1, -0.05) is 0 Å². The molecule has 0 bridgehead atoms. The highest BCUT2D eigenvalue weighted by Crippen LogP contribution is 2.36. The first kappa shape index (κ1) is 21.2. The summed E-state index contributed by atoms with van der Waals surface area (Å²) in [4.78, 5) is 28.6. The number of halogens is 2. The van der Waals surface area contributed by atoms with Gasteiger partial charge in [-0.25, -0.2) is 9.50 Å². The van der Waals surface area contributed by atoms with Crippen LogP contribution < -0.4 is 10.1 Å². The minimum Gasteiger partial charge on any atom is -0.480 e. The monoisotopic (exact) mass is 460 g/mol. The van der Waals surface area contributed by atoms with Gasteiger partial charge in [0.15, 0.2) is 5.65 Å². The lowest BCUT2D eigenvalue weighted by molar-refractivity contribution is -0.137. The topological polar surface area (TPSA) is 124 Å². The maximum atomic E-state index is 12.9. The Kier molecular flexibility index (Phi) is 5.73. The molecule has 0 aliphatic carbocycles. The molecule has 0 saturated heterocycles. The number of hydrogen-bond donors (Lipinski definition) is 3. The number of hydrogen-bond acceptors (Lipinski definition) is 7. The van der Waals surface area contributed by atoms with Crippen molar-refractivity contribution < 1.29 is 28.2 Å². The number of ether oxygens (including phenoxy) is 1. The van der Waals surface area contributed by atoms with E-state index in [1.165, 1.54) is 41.3 Å². The van der Waals surface area contributed by atoms with E-state index < -0.39 is 25.0 Å². The van der Waals surface area contributed by atoms with Crippen LogP contribution in [0, 0.1) is 0 Å². The molecule has 4 rings (SSSR count). The second kappa shape index (κ2) is 8.63. The van der Waals surface area contributed by atoms with Crippen molar-refractivity contribution in [3.8, 4) is 17.0 Å². The first-order chi connectivity index (χ1) is 15.3. The Labute approximate surface area is 183 Å². The van der Waals surface area contributed by atoms with Crippen molar-refractivity contribution in [2.24, 2.45) is 0 Å². The zero-order valence-corrected chi connectivity index (χ0v) is 16.9. The van der Waals surface area contributed by atoms with Crippen molar-refractivity contribution in [1.29, 1.82) is 0 Å². The minimum absolute atomic E-state index is 0.0237. The summed E-state index contributed by atoms with van der Waals surface area (Å²) in [5, 5.41) is 19.9. The third kappa shape index (κ3) is 4.37. The van der Waals surface area contributed by atoms with Crippen molar-refractivity contribution >= 4 is 35.8 Å². The quantitative estimate of drug-likeness (QED) is 0.362. The summed E-state index contributed by atoms with van der Waals surface area (Å²) in [5.41, 5.74) is 0.633. The lowest BCUT2D eigenvalue weighted by Gasteiger charge is -2.11. The molecule has 1 amide bonds. The molecule has 0 radical (unpaired) electrons. The van der Waals surface area contributed by atoms with Crippen LogP contribution in [-0.2, 0) is 11.3 Å². The summed E-state index contributed by atoms with van der Waals surface area (Å²) in [5.74, 6) is -2.00. The molecular formula is C19H14F2N6O4S. The number of anilines is 1. The van der Waals surface area contributed by atoms with Gasteiger partial charge < -0.3 is 15.2 Å². The molecule has 2 N–H and O–H groups in total. The van der Waals surface area contributed by atoms with E-state index in [4.69, 9.17) is 5.11 Å². The second-order valence-electron chi connectivity index (χ2n) is 6.44. The van der Waals surface area contributed by atoms with Crippen molar-refractivity contribution in [2.45, 2.75) is 18.1 Å². The van der Waals surface area contributed by atoms with Crippen LogP contribution >= 0.6 is 12.6 Å². The molecule has 164 valence electrons. The first-order valence-electron chi connectivity index (χ1n) is 8.99. The number of carboxylic acids is 1. The number of nitrogens with one attached hydrogen (secondary N) is 1. The van der Waals surface area contributed by atoms with E-state index in [1.54, 1.807) is 12.3 Å². The van der Waals surface area contributed by atoms with Crippen molar-refractivity contribution in [3.63, 3.8) is 0 Å². The lowest BCUT2D eigenvalue weighted by atomic mass is 10.1. The second-order valence-corrected chi connectivity index (χ2v) is 6.96. The fraction of sp³-hybridized carbons (Fsp3) is 0.105. The maximum absolute atomic E-state index is 12.9. The van der Waals surface area contributed by atoms with Gasteiger partial charge in [-0.15, -0.1) is 12.6 Å². The molecule has 0 aliphatic heterocycles. The molecule has 32 heavy (non-hydrogen) atoms. The number of carbonyl (C=O) groups excluding carboxylic acids is 1. The van der Waals surface area contributed by atoms with E-state index in [-0.39, 0.29) is 28.3 Å². The van der Waals surface area contributed by atoms with E-state index in [0.717, 1.165) is 4.68 Å². The summed E-state index contributed by atoms with van der Waals surface area (Å²) in [6, 6.07) is 5.79. The molecular weight excluding hydrogens is 446 g/mol. The van der Waals surface area contributed by atoms with Gasteiger partial charge in [0.2, 0.25) is 0 Å². The van der Waals surface area contributed by atoms with Crippen LogP contribution in [0.1, 0.15) is 10.4 Å². The molecule has 4 aromatic rings. The molecule has 0 spiro atoms. The van der Waals surface area contributed by atoms with Gasteiger partial charge in [0.25, 0.3) is 5.91 Å². The number of nitrogens with zero attached hydrogens (tertiary/aromatic N) is 5. The number of carbonyl (C=O) groups is 2. The van der Waals surface area contributed by atoms with Crippen LogP contribution in [-0.4, -0.2) is 48.0 Å². The van der Waals surface area contributed by atoms with Crippen LogP contribution in [0.2, 0.25) is 0 Å². The smallest absolute Gasteiger partial charge is 0.387 e. The van der Waals surface area contributed by atoms with Gasteiger partial charge in [0.05, 0.1) is 11.9 Å². The normalized spacial score (nSPS) is 11.1. The Morgan fingerprint density at radius 1 is 1.31 bits per heavy atom. The molecule has 3 heterocycles. The Morgan fingerprint density at radius 3 is 2.88 bits per heavy atom. The van der Waals surface area contributed by atoms with E-state index >= 15 is 0 Å². The predicted molar refractivity (Wildman–Crippen MR) is 110 cm³/mol. The van der Waals surface area contributed by atoms with Gasteiger partial charge >= 0.3 is 12.6 Å². The fourth-order valence-electron chi connectivity index (χ4n) is 3.01. The molecule has 10 nitrogen and oxygen atoms in total. The number of alkyl halides is 2. The number of amides is 1. The van der Waals surface area contributed by atoms with Crippen LogP contribution in [0.25, 0.3) is 16.9 Å². The molecule has 0 fully saturated rings. The van der Waals surface area contributed by atoms with E-state index in [9.17, 15) is 18.4 Å². The number of rotatable bonds is 7. The summed E-state index contributed by atoms with van der Waals surface area (Å²) in [7, 11) is 0. The van der Waals surface area contributed by atoms with E-state index in [1.807, 2.05) is 0 Å². The number of benzene rings is 1. The number of carboxylic acid groups (broad SMARTS) is 1.